The molecule has 0 radical (unpaired) electrons. The van der Waals surface area contributed by atoms with Crippen LogP contribution in [0.5, 0.6) is 5.75 Å². The minimum Gasteiger partial charge on any atom is -0.496 e. The van der Waals surface area contributed by atoms with Crippen molar-refractivity contribution in [3.63, 3.8) is 0 Å². The van der Waals surface area contributed by atoms with Crippen molar-refractivity contribution >= 4 is 34.7 Å². The monoisotopic (exact) mass is 584 g/mol. The summed E-state index contributed by atoms with van der Waals surface area (Å²) >= 11 is 6.83. The largest absolute Gasteiger partial charge is 0.496 e. The topological polar surface area (TPSA) is 104 Å². The van der Waals surface area contributed by atoms with Gasteiger partial charge in [-0.1, -0.05) is 11.6 Å². The maximum Gasteiger partial charge on any atom is 0.410 e. The van der Waals surface area contributed by atoms with Gasteiger partial charge in [0.1, 0.15) is 23.9 Å². The average Bonchev–Trinajstić information content (AvgIpc) is 3.39. The molecule has 2 unspecified atom stereocenters. The van der Waals surface area contributed by atoms with Gasteiger partial charge in [-0.2, -0.15) is 0 Å². The van der Waals surface area contributed by atoms with Crippen LogP contribution in [0.3, 0.4) is 0 Å². The second-order valence-corrected chi connectivity index (χ2v) is 12.4. The first-order chi connectivity index (χ1) is 19.6. The predicted molar refractivity (Wildman–Crippen MR) is 159 cm³/mol. The molecule has 2 aliphatic rings. The molecule has 222 valence electrons. The molecule has 5 rings (SSSR count). The zero-order valence-electron chi connectivity index (χ0n) is 24.9. The number of likely N-dealkylation sites (tertiary alicyclic amines) is 1. The van der Waals surface area contributed by atoms with Gasteiger partial charge in [-0.3, -0.25) is 4.57 Å². The number of carbonyl (C=O) groups is 1. The second-order valence-electron chi connectivity index (χ2n) is 12.0. The molecule has 1 N–H and O–H groups in total. The standard InChI is InChI=1S/C30H41ClN6O4/c1-18-22(31)15-21(26(39-6)24(18)20-10-12-36(13-11-20)29(38)41-30(3,4)5)19(2)35-27-25-28(33-16-32-27)37(17-34-25)23-9-7-8-14-40-23/h15-17,19-20,23H,7-14H2,1-6H3,(H,32,33,35). The number of aromatic nitrogens is 4. The number of hydrogen-bond acceptors (Lipinski definition) is 8. The SMILES string of the molecule is COc1c(C(C)Nc2ncnc3c2ncn3C2CCCCO2)cc(Cl)c(C)c1C1CCN(C(=O)OC(C)(C)C)CC1. The number of benzene rings is 1. The molecule has 2 aliphatic heterocycles. The van der Waals surface area contributed by atoms with Crippen LogP contribution in [0.15, 0.2) is 18.7 Å². The molecule has 2 saturated heterocycles. The Bertz CT molecular complexity index is 1390. The van der Waals surface area contributed by atoms with Crippen LogP contribution in [0.4, 0.5) is 10.6 Å². The van der Waals surface area contributed by atoms with Crippen LogP contribution in [0.2, 0.25) is 5.02 Å². The number of imidazole rings is 1. The van der Waals surface area contributed by atoms with E-state index in [2.05, 4.69) is 27.2 Å². The van der Waals surface area contributed by atoms with Crippen molar-refractivity contribution < 1.29 is 19.0 Å². The number of fused-ring (bicyclic) bond motifs is 1. The fourth-order valence-electron chi connectivity index (χ4n) is 5.88. The fraction of sp³-hybridized carbons (Fsp3) is 0.600. The zero-order chi connectivity index (χ0) is 29.3. The summed E-state index contributed by atoms with van der Waals surface area (Å²) in [6.45, 7) is 11.7. The number of amides is 1. The van der Waals surface area contributed by atoms with Gasteiger partial charge in [-0.05, 0) is 84.3 Å². The minimum atomic E-state index is -0.518. The Labute approximate surface area is 246 Å². The van der Waals surface area contributed by atoms with Crippen LogP contribution in [0, 0.1) is 6.92 Å². The summed E-state index contributed by atoms with van der Waals surface area (Å²) in [5.74, 6) is 1.65. The van der Waals surface area contributed by atoms with Crippen molar-refractivity contribution in [3.05, 3.63) is 40.4 Å². The highest BCUT2D eigenvalue weighted by Gasteiger charge is 2.32. The Kier molecular flexibility index (Phi) is 8.61. The number of rotatable bonds is 6. The molecule has 2 aromatic heterocycles. The summed E-state index contributed by atoms with van der Waals surface area (Å²) in [5, 5.41) is 4.22. The van der Waals surface area contributed by atoms with Crippen molar-refractivity contribution in [1.29, 1.82) is 0 Å². The third-order valence-electron chi connectivity index (χ3n) is 7.95. The molecule has 3 aromatic rings. The molecule has 10 nitrogen and oxygen atoms in total. The van der Waals surface area contributed by atoms with Crippen LogP contribution in [0.1, 0.15) is 94.7 Å². The summed E-state index contributed by atoms with van der Waals surface area (Å²) in [7, 11) is 1.70. The molecule has 0 bridgehead atoms. The van der Waals surface area contributed by atoms with Gasteiger partial charge in [0, 0.05) is 35.8 Å². The van der Waals surface area contributed by atoms with Crippen LogP contribution in [-0.2, 0) is 9.47 Å². The quantitative estimate of drug-likeness (QED) is 0.338. The lowest BCUT2D eigenvalue weighted by Crippen LogP contribution is -2.41. The van der Waals surface area contributed by atoms with E-state index >= 15 is 0 Å². The summed E-state index contributed by atoms with van der Waals surface area (Å²) in [6, 6.07) is 1.79. The van der Waals surface area contributed by atoms with E-state index in [-0.39, 0.29) is 24.3 Å². The molecular formula is C30H41ClN6O4. The number of anilines is 1. The second kappa shape index (κ2) is 12.0. The van der Waals surface area contributed by atoms with Gasteiger partial charge in [-0.25, -0.2) is 19.7 Å². The number of piperidine rings is 1. The average molecular weight is 585 g/mol. The van der Waals surface area contributed by atoms with Crippen LogP contribution in [0.25, 0.3) is 11.2 Å². The molecule has 2 fully saturated rings. The lowest BCUT2D eigenvalue weighted by molar-refractivity contribution is -0.0298. The maximum absolute atomic E-state index is 12.6. The van der Waals surface area contributed by atoms with Gasteiger partial charge in [0.2, 0.25) is 0 Å². The van der Waals surface area contributed by atoms with Crippen molar-refractivity contribution in [1.82, 2.24) is 24.4 Å². The maximum atomic E-state index is 12.6. The van der Waals surface area contributed by atoms with Crippen LogP contribution < -0.4 is 10.1 Å². The van der Waals surface area contributed by atoms with E-state index in [1.165, 1.54) is 0 Å². The Hall–Kier alpha value is -3.11. The first-order valence-corrected chi connectivity index (χ1v) is 14.9. The molecule has 0 aliphatic carbocycles. The molecule has 4 heterocycles. The Morgan fingerprint density at radius 2 is 1.93 bits per heavy atom. The number of nitrogens with zero attached hydrogens (tertiary/aromatic N) is 5. The number of carbonyl (C=O) groups excluding carboxylic acids is 1. The highest BCUT2D eigenvalue weighted by atomic mass is 35.5. The predicted octanol–water partition coefficient (Wildman–Crippen LogP) is 6.78. The van der Waals surface area contributed by atoms with Gasteiger partial charge >= 0.3 is 6.09 Å². The smallest absolute Gasteiger partial charge is 0.410 e. The number of ether oxygens (including phenoxy) is 3. The highest BCUT2D eigenvalue weighted by Crippen LogP contribution is 2.44. The van der Waals surface area contributed by atoms with Crippen molar-refractivity contribution in [2.24, 2.45) is 0 Å². The van der Waals surface area contributed by atoms with E-state index in [4.69, 9.17) is 25.8 Å². The third kappa shape index (κ3) is 6.23. The van der Waals surface area contributed by atoms with Crippen molar-refractivity contribution in [2.45, 2.75) is 90.5 Å². The number of methoxy groups -OCH3 is 1. The molecule has 0 spiro atoms. The first kappa shape index (κ1) is 29.4. The van der Waals surface area contributed by atoms with Gasteiger partial charge in [0.05, 0.1) is 19.5 Å². The molecule has 11 heteroatoms. The van der Waals surface area contributed by atoms with E-state index in [0.717, 1.165) is 66.8 Å². The number of halogens is 1. The Balaban J connectivity index is 1.39. The lowest BCUT2D eigenvalue weighted by atomic mass is 9.84. The fourth-order valence-corrected chi connectivity index (χ4v) is 6.10. The first-order valence-electron chi connectivity index (χ1n) is 14.5. The Morgan fingerprint density at radius 3 is 2.59 bits per heavy atom. The van der Waals surface area contributed by atoms with Crippen LogP contribution >= 0.6 is 11.6 Å². The number of nitrogens with one attached hydrogen (secondary N) is 1. The van der Waals surface area contributed by atoms with Gasteiger partial charge in [0.15, 0.2) is 17.0 Å². The van der Waals surface area contributed by atoms with Gasteiger partial charge < -0.3 is 24.4 Å². The Morgan fingerprint density at radius 1 is 1.17 bits per heavy atom. The summed E-state index contributed by atoms with van der Waals surface area (Å²) < 4.78 is 19.6. The highest BCUT2D eigenvalue weighted by molar-refractivity contribution is 6.31. The molecule has 2 atom stereocenters. The normalized spacial score (nSPS) is 19.3. The molecular weight excluding hydrogens is 544 g/mol. The molecule has 41 heavy (non-hydrogen) atoms. The van der Waals surface area contributed by atoms with Gasteiger partial charge in [0.25, 0.3) is 0 Å². The van der Waals surface area contributed by atoms with Gasteiger partial charge in [-0.15, -0.1) is 0 Å². The van der Waals surface area contributed by atoms with Crippen molar-refractivity contribution in [2.75, 3.05) is 32.1 Å². The van der Waals surface area contributed by atoms with Crippen LogP contribution in [-0.4, -0.2) is 62.9 Å². The third-order valence-corrected chi connectivity index (χ3v) is 8.35. The minimum absolute atomic E-state index is 0.0609. The van der Waals surface area contributed by atoms with E-state index in [0.29, 0.717) is 29.4 Å². The molecule has 0 saturated carbocycles. The van der Waals surface area contributed by atoms with E-state index in [1.54, 1.807) is 24.7 Å². The zero-order valence-corrected chi connectivity index (χ0v) is 25.6. The van der Waals surface area contributed by atoms with E-state index in [1.807, 2.05) is 38.3 Å². The lowest BCUT2D eigenvalue weighted by Gasteiger charge is -2.35. The molecule has 1 aromatic carbocycles. The number of hydrogen-bond donors (Lipinski definition) is 1. The summed E-state index contributed by atoms with van der Waals surface area (Å²) in [5.41, 5.74) is 3.96. The molecule has 1 amide bonds. The van der Waals surface area contributed by atoms with E-state index in [9.17, 15) is 4.79 Å². The van der Waals surface area contributed by atoms with E-state index < -0.39 is 5.60 Å². The summed E-state index contributed by atoms with van der Waals surface area (Å²) in [4.78, 5) is 28.1. The summed E-state index contributed by atoms with van der Waals surface area (Å²) in [6.07, 6.45) is 7.75. The van der Waals surface area contributed by atoms with Crippen molar-refractivity contribution in [3.8, 4) is 5.75 Å².